The van der Waals surface area contributed by atoms with E-state index in [1.54, 1.807) is 18.2 Å². The first-order valence-electron chi connectivity index (χ1n) is 7.71. The predicted molar refractivity (Wildman–Crippen MR) is 91.6 cm³/mol. The number of ether oxygens (including phenoxy) is 2. The van der Waals surface area contributed by atoms with Gasteiger partial charge in [-0.3, -0.25) is 0 Å². The molecule has 0 aliphatic carbocycles. The quantitative estimate of drug-likeness (QED) is 0.631. The maximum atomic E-state index is 12.3. The van der Waals surface area contributed by atoms with Gasteiger partial charge in [-0.15, -0.1) is 0 Å². The summed E-state index contributed by atoms with van der Waals surface area (Å²) in [5.74, 6) is 0.0651. The highest BCUT2D eigenvalue weighted by atomic mass is 16.5. The van der Waals surface area contributed by atoms with Crippen molar-refractivity contribution in [2.24, 2.45) is 0 Å². The SMILES string of the molecule is O=C(OCc1ccccc1)c1cc[c]cc1OCc1ccccc1. The zero-order valence-electron chi connectivity index (χ0n) is 13.1. The lowest BCUT2D eigenvalue weighted by atomic mass is 10.2. The van der Waals surface area contributed by atoms with Crippen LogP contribution in [0.4, 0.5) is 0 Å². The molecular weight excluding hydrogens is 300 g/mol. The predicted octanol–water partition coefficient (Wildman–Crippen LogP) is 4.42. The van der Waals surface area contributed by atoms with E-state index < -0.39 is 5.97 Å². The molecule has 0 saturated carbocycles. The fourth-order valence-electron chi connectivity index (χ4n) is 2.24. The third-order valence-corrected chi connectivity index (χ3v) is 3.50. The monoisotopic (exact) mass is 317 g/mol. The van der Waals surface area contributed by atoms with E-state index in [9.17, 15) is 4.79 Å². The van der Waals surface area contributed by atoms with Crippen molar-refractivity contribution in [3.8, 4) is 5.75 Å². The largest absolute Gasteiger partial charge is 0.488 e. The van der Waals surface area contributed by atoms with Crippen LogP contribution in [0.2, 0.25) is 0 Å². The molecule has 0 atom stereocenters. The van der Waals surface area contributed by atoms with Crippen molar-refractivity contribution in [3.63, 3.8) is 0 Å². The van der Waals surface area contributed by atoms with E-state index in [0.29, 0.717) is 17.9 Å². The van der Waals surface area contributed by atoms with Gasteiger partial charge in [0, 0.05) is 0 Å². The van der Waals surface area contributed by atoms with Crippen molar-refractivity contribution in [3.05, 3.63) is 102 Å². The molecule has 0 amide bonds. The standard InChI is InChI=1S/C21H17O3/c22-21(24-16-18-11-5-2-6-12-18)19-13-7-8-14-20(19)23-15-17-9-3-1-4-10-17/h1-7,9-14H,15-16H2. The van der Waals surface area contributed by atoms with Gasteiger partial charge in [0.15, 0.2) is 0 Å². The Kier molecular flexibility index (Phi) is 5.25. The average molecular weight is 317 g/mol. The Labute approximate surface area is 141 Å². The Bertz CT molecular complexity index is 782. The Balaban J connectivity index is 1.65. The molecule has 3 rings (SSSR count). The maximum absolute atomic E-state index is 12.3. The topological polar surface area (TPSA) is 35.5 Å². The second-order valence-corrected chi connectivity index (χ2v) is 5.26. The highest BCUT2D eigenvalue weighted by molar-refractivity contribution is 5.92. The summed E-state index contributed by atoms with van der Waals surface area (Å²) in [5, 5.41) is 0. The average Bonchev–Trinajstić information content (AvgIpc) is 2.66. The minimum atomic E-state index is -0.407. The number of carbonyl (C=O) groups is 1. The van der Waals surface area contributed by atoms with Gasteiger partial charge in [0.1, 0.15) is 24.5 Å². The van der Waals surface area contributed by atoms with E-state index in [0.717, 1.165) is 11.1 Å². The molecule has 1 radical (unpaired) electrons. The Morgan fingerprint density at radius 2 is 1.46 bits per heavy atom. The van der Waals surface area contributed by atoms with Crippen LogP contribution >= 0.6 is 0 Å². The zero-order valence-corrected chi connectivity index (χ0v) is 13.1. The summed E-state index contributed by atoms with van der Waals surface area (Å²) in [6, 6.07) is 27.3. The number of benzene rings is 3. The van der Waals surface area contributed by atoms with Gasteiger partial charge in [0.05, 0.1) is 0 Å². The Hall–Kier alpha value is -3.07. The molecule has 0 N–H and O–H groups in total. The number of rotatable bonds is 6. The lowest BCUT2D eigenvalue weighted by Gasteiger charge is -2.11. The molecular formula is C21H17O3. The van der Waals surface area contributed by atoms with Gasteiger partial charge in [-0.2, -0.15) is 0 Å². The van der Waals surface area contributed by atoms with Crippen LogP contribution in [0.25, 0.3) is 0 Å². The zero-order chi connectivity index (χ0) is 16.6. The van der Waals surface area contributed by atoms with Gasteiger partial charge >= 0.3 is 5.97 Å². The third kappa shape index (κ3) is 4.23. The van der Waals surface area contributed by atoms with E-state index in [1.165, 1.54) is 0 Å². The van der Waals surface area contributed by atoms with Crippen LogP contribution in [0, 0.1) is 6.07 Å². The van der Waals surface area contributed by atoms with Gasteiger partial charge < -0.3 is 9.47 Å². The molecule has 0 bridgehead atoms. The van der Waals surface area contributed by atoms with Crippen LogP contribution in [0.15, 0.2) is 78.9 Å². The van der Waals surface area contributed by atoms with Crippen LogP contribution in [0.5, 0.6) is 5.75 Å². The minimum Gasteiger partial charge on any atom is -0.488 e. The first-order chi connectivity index (χ1) is 11.8. The lowest BCUT2D eigenvalue weighted by Crippen LogP contribution is -2.08. The summed E-state index contributed by atoms with van der Waals surface area (Å²) in [6.07, 6.45) is 0. The highest BCUT2D eigenvalue weighted by Crippen LogP contribution is 2.20. The summed E-state index contributed by atoms with van der Waals surface area (Å²) in [4.78, 5) is 12.3. The minimum absolute atomic E-state index is 0.233. The molecule has 119 valence electrons. The number of carbonyl (C=O) groups excluding carboxylic acids is 1. The second kappa shape index (κ2) is 7.97. The van der Waals surface area contributed by atoms with Crippen LogP contribution in [0.3, 0.4) is 0 Å². The van der Waals surface area contributed by atoms with Crippen molar-refractivity contribution in [1.29, 1.82) is 0 Å². The van der Waals surface area contributed by atoms with Crippen LogP contribution < -0.4 is 4.74 Å². The fourth-order valence-corrected chi connectivity index (χ4v) is 2.24. The van der Waals surface area contributed by atoms with Gasteiger partial charge in [0.2, 0.25) is 0 Å². The van der Waals surface area contributed by atoms with E-state index in [-0.39, 0.29) is 6.61 Å². The molecule has 3 heteroatoms. The molecule has 0 saturated heterocycles. The van der Waals surface area contributed by atoms with Crippen LogP contribution in [-0.4, -0.2) is 5.97 Å². The van der Waals surface area contributed by atoms with Crippen molar-refractivity contribution < 1.29 is 14.3 Å². The van der Waals surface area contributed by atoms with E-state index in [4.69, 9.17) is 9.47 Å². The summed E-state index contributed by atoms with van der Waals surface area (Å²) < 4.78 is 11.1. The smallest absolute Gasteiger partial charge is 0.342 e. The van der Waals surface area contributed by atoms with Gasteiger partial charge in [-0.1, -0.05) is 66.7 Å². The molecule has 3 nitrogen and oxygen atoms in total. The summed E-state index contributed by atoms with van der Waals surface area (Å²) in [7, 11) is 0. The molecule has 0 fully saturated rings. The lowest BCUT2D eigenvalue weighted by molar-refractivity contribution is 0.0467. The van der Waals surface area contributed by atoms with Crippen molar-refractivity contribution in [1.82, 2.24) is 0 Å². The molecule has 0 aromatic heterocycles. The first kappa shape index (κ1) is 15.8. The molecule has 24 heavy (non-hydrogen) atoms. The molecule has 0 heterocycles. The normalized spacial score (nSPS) is 10.2. The summed E-state index contributed by atoms with van der Waals surface area (Å²) >= 11 is 0. The number of hydrogen-bond acceptors (Lipinski definition) is 3. The van der Waals surface area contributed by atoms with Gasteiger partial charge in [0.25, 0.3) is 0 Å². The van der Waals surface area contributed by atoms with Crippen molar-refractivity contribution in [2.45, 2.75) is 13.2 Å². The molecule has 0 aliphatic rings. The van der Waals surface area contributed by atoms with Gasteiger partial charge in [-0.25, -0.2) is 4.79 Å². The van der Waals surface area contributed by atoms with E-state index in [1.807, 2.05) is 60.7 Å². The number of esters is 1. The van der Waals surface area contributed by atoms with Crippen molar-refractivity contribution in [2.75, 3.05) is 0 Å². The maximum Gasteiger partial charge on any atom is 0.342 e. The van der Waals surface area contributed by atoms with Gasteiger partial charge in [-0.05, 0) is 29.3 Å². The molecule has 0 aliphatic heterocycles. The second-order valence-electron chi connectivity index (χ2n) is 5.26. The summed E-state index contributed by atoms with van der Waals surface area (Å²) in [6.45, 7) is 0.619. The first-order valence-corrected chi connectivity index (χ1v) is 7.71. The molecule has 0 spiro atoms. The summed E-state index contributed by atoms with van der Waals surface area (Å²) in [5.41, 5.74) is 2.38. The molecule has 3 aromatic rings. The molecule has 3 aromatic carbocycles. The fraction of sp³-hybridized carbons (Fsp3) is 0.0952. The highest BCUT2D eigenvalue weighted by Gasteiger charge is 2.14. The van der Waals surface area contributed by atoms with E-state index >= 15 is 0 Å². The van der Waals surface area contributed by atoms with Crippen LogP contribution in [0.1, 0.15) is 21.5 Å². The third-order valence-electron chi connectivity index (χ3n) is 3.50. The van der Waals surface area contributed by atoms with E-state index in [2.05, 4.69) is 6.07 Å². The van der Waals surface area contributed by atoms with Crippen molar-refractivity contribution >= 4 is 5.97 Å². The molecule has 0 unspecified atom stereocenters. The Morgan fingerprint density at radius 3 is 2.12 bits per heavy atom. The van der Waals surface area contributed by atoms with Crippen LogP contribution in [-0.2, 0) is 18.0 Å². The Morgan fingerprint density at radius 1 is 0.833 bits per heavy atom. The number of hydrogen-bond donors (Lipinski definition) is 0.